The summed E-state index contributed by atoms with van der Waals surface area (Å²) in [6, 6.07) is 14.3. The maximum absolute atomic E-state index is 12.3. The van der Waals surface area contributed by atoms with Crippen LogP contribution in [0.1, 0.15) is 17.3 Å². The number of halogens is 1. The van der Waals surface area contributed by atoms with Gasteiger partial charge in [0.2, 0.25) is 11.0 Å². The molecule has 7 nitrogen and oxygen atoms in total. The molecule has 2 amide bonds. The van der Waals surface area contributed by atoms with Crippen LogP contribution in [-0.2, 0) is 4.79 Å². The monoisotopic (exact) mass is 492 g/mol. The van der Waals surface area contributed by atoms with E-state index in [-0.39, 0.29) is 17.6 Å². The summed E-state index contributed by atoms with van der Waals surface area (Å²) in [4.78, 5) is 24.4. The number of aromatic nitrogens is 2. The fourth-order valence-corrected chi connectivity index (χ4v) is 4.27. The highest BCUT2D eigenvalue weighted by Crippen LogP contribution is 2.26. The zero-order valence-electron chi connectivity index (χ0n) is 15.3. The summed E-state index contributed by atoms with van der Waals surface area (Å²) < 4.78 is 6.66. The van der Waals surface area contributed by atoms with E-state index in [4.69, 9.17) is 4.74 Å². The molecule has 0 bridgehead atoms. The third kappa shape index (κ3) is 6.28. The average Bonchev–Trinajstić information content (AvgIpc) is 3.16. The Morgan fingerprint density at radius 3 is 2.59 bits per heavy atom. The van der Waals surface area contributed by atoms with Crippen molar-refractivity contribution in [2.75, 3.05) is 23.0 Å². The summed E-state index contributed by atoms with van der Waals surface area (Å²) >= 11 is 5.81. The van der Waals surface area contributed by atoms with Crippen LogP contribution < -0.4 is 15.4 Å². The molecule has 0 atom stereocenters. The molecule has 0 saturated carbocycles. The number of ether oxygens (including phenoxy) is 1. The summed E-state index contributed by atoms with van der Waals surface area (Å²) in [6.45, 7) is 2.51. The number of anilines is 2. The van der Waals surface area contributed by atoms with Gasteiger partial charge in [-0.15, -0.1) is 10.2 Å². The molecule has 1 heterocycles. The zero-order chi connectivity index (χ0) is 20.6. The van der Waals surface area contributed by atoms with Gasteiger partial charge in [-0.3, -0.25) is 14.9 Å². The highest BCUT2D eigenvalue weighted by molar-refractivity contribution is 9.10. The Morgan fingerprint density at radius 1 is 1.10 bits per heavy atom. The topological polar surface area (TPSA) is 93.2 Å². The third-order valence-corrected chi connectivity index (χ3v) is 6.18. The summed E-state index contributed by atoms with van der Waals surface area (Å²) in [5.41, 5.74) is 1.20. The van der Waals surface area contributed by atoms with Crippen LogP contribution in [0.2, 0.25) is 0 Å². The van der Waals surface area contributed by atoms with Gasteiger partial charge in [-0.2, -0.15) is 0 Å². The van der Waals surface area contributed by atoms with Gasteiger partial charge in [-0.25, -0.2) is 0 Å². The third-order valence-electron chi connectivity index (χ3n) is 3.52. The minimum atomic E-state index is -0.279. The predicted molar refractivity (Wildman–Crippen MR) is 119 cm³/mol. The minimum absolute atomic E-state index is 0.159. The lowest BCUT2D eigenvalue weighted by Crippen LogP contribution is -2.13. The number of nitrogens with zero attached hydrogens (tertiary/aromatic N) is 2. The lowest BCUT2D eigenvalue weighted by Gasteiger charge is -2.06. The van der Waals surface area contributed by atoms with Crippen molar-refractivity contribution >= 4 is 61.7 Å². The Hall–Kier alpha value is -2.43. The number of rotatable bonds is 8. The number of hydrogen-bond donors (Lipinski definition) is 2. The van der Waals surface area contributed by atoms with Crippen molar-refractivity contribution < 1.29 is 14.3 Å². The minimum Gasteiger partial charge on any atom is -0.494 e. The predicted octanol–water partition coefficient (Wildman–Crippen LogP) is 4.68. The van der Waals surface area contributed by atoms with E-state index < -0.39 is 0 Å². The van der Waals surface area contributed by atoms with Crippen LogP contribution in [0.4, 0.5) is 10.8 Å². The van der Waals surface area contributed by atoms with Gasteiger partial charge in [0.1, 0.15) is 5.75 Å². The smallest absolute Gasteiger partial charge is 0.258 e. The maximum atomic E-state index is 12.3. The molecule has 1 aromatic heterocycles. The van der Waals surface area contributed by atoms with Gasteiger partial charge >= 0.3 is 0 Å². The zero-order valence-corrected chi connectivity index (χ0v) is 18.6. The van der Waals surface area contributed by atoms with Crippen molar-refractivity contribution in [1.82, 2.24) is 10.2 Å². The van der Waals surface area contributed by atoms with Crippen LogP contribution in [-0.4, -0.2) is 34.4 Å². The summed E-state index contributed by atoms with van der Waals surface area (Å²) in [7, 11) is 0. The first-order chi connectivity index (χ1) is 14.0. The molecule has 0 spiro atoms. The second-order valence-corrected chi connectivity index (χ2v) is 8.66. The lowest BCUT2D eigenvalue weighted by molar-refractivity contribution is -0.113. The van der Waals surface area contributed by atoms with Crippen LogP contribution in [0, 0.1) is 0 Å². The SMILES string of the molecule is CCOc1ccc(NC(=O)CSc2nnc(NC(=O)c3ccccc3Br)s2)cc1. The van der Waals surface area contributed by atoms with Gasteiger partial charge in [-0.1, -0.05) is 35.2 Å². The first-order valence-corrected chi connectivity index (χ1v) is 11.2. The largest absolute Gasteiger partial charge is 0.494 e. The van der Waals surface area contributed by atoms with Gasteiger partial charge < -0.3 is 10.1 Å². The Balaban J connectivity index is 1.49. The van der Waals surface area contributed by atoms with E-state index >= 15 is 0 Å². The second kappa shape index (κ2) is 10.4. The molecule has 0 saturated heterocycles. The molecule has 0 aliphatic heterocycles. The van der Waals surface area contributed by atoms with E-state index in [9.17, 15) is 9.59 Å². The fraction of sp³-hybridized carbons (Fsp3) is 0.158. The van der Waals surface area contributed by atoms with Crippen molar-refractivity contribution in [2.24, 2.45) is 0 Å². The van der Waals surface area contributed by atoms with Crippen molar-refractivity contribution in [2.45, 2.75) is 11.3 Å². The fourth-order valence-electron chi connectivity index (χ4n) is 2.25. The quantitative estimate of drug-likeness (QED) is 0.350. The number of nitrogens with one attached hydrogen (secondary N) is 2. The Bertz CT molecular complexity index is 995. The van der Waals surface area contributed by atoms with Crippen molar-refractivity contribution in [1.29, 1.82) is 0 Å². The summed E-state index contributed by atoms with van der Waals surface area (Å²) in [5, 5.41) is 13.9. The highest BCUT2D eigenvalue weighted by Gasteiger charge is 2.13. The molecule has 0 aliphatic carbocycles. The second-order valence-electron chi connectivity index (χ2n) is 5.60. The molecule has 2 aromatic carbocycles. The molecule has 150 valence electrons. The number of thioether (sulfide) groups is 1. The number of carbonyl (C=O) groups excluding carboxylic acids is 2. The molecule has 29 heavy (non-hydrogen) atoms. The number of amides is 2. The number of hydrogen-bond acceptors (Lipinski definition) is 7. The number of carbonyl (C=O) groups is 2. The molecule has 0 radical (unpaired) electrons. The van der Waals surface area contributed by atoms with E-state index in [1.807, 2.05) is 13.0 Å². The first-order valence-electron chi connectivity index (χ1n) is 8.60. The normalized spacial score (nSPS) is 10.4. The van der Waals surface area contributed by atoms with Crippen LogP contribution in [0.3, 0.4) is 0 Å². The van der Waals surface area contributed by atoms with Gasteiger partial charge in [0.25, 0.3) is 5.91 Å². The van der Waals surface area contributed by atoms with Gasteiger partial charge in [-0.05, 0) is 59.3 Å². The van der Waals surface area contributed by atoms with E-state index in [0.29, 0.717) is 31.8 Å². The van der Waals surface area contributed by atoms with Crippen LogP contribution in [0.25, 0.3) is 0 Å². The molecular weight excluding hydrogens is 476 g/mol. The van der Waals surface area contributed by atoms with Crippen LogP contribution in [0.5, 0.6) is 5.75 Å². The van der Waals surface area contributed by atoms with E-state index in [2.05, 4.69) is 36.8 Å². The first kappa shape index (κ1) is 21.3. The molecule has 3 aromatic rings. The van der Waals surface area contributed by atoms with Crippen molar-refractivity contribution in [3.63, 3.8) is 0 Å². The Morgan fingerprint density at radius 2 is 1.86 bits per heavy atom. The molecule has 0 unspecified atom stereocenters. The van der Waals surface area contributed by atoms with E-state index in [1.165, 1.54) is 23.1 Å². The average molecular weight is 493 g/mol. The number of benzene rings is 2. The molecule has 0 fully saturated rings. The van der Waals surface area contributed by atoms with E-state index in [0.717, 1.165) is 5.75 Å². The van der Waals surface area contributed by atoms with Gasteiger partial charge in [0.15, 0.2) is 4.34 Å². The van der Waals surface area contributed by atoms with Gasteiger partial charge in [0, 0.05) is 10.2 Å². The highest BCUT2D eigenvalue weighted by atomic mass is 79.9. The van der Waals surface area contributed by atoms with Crippen LogP contribution >= 0.6 is 39.0 Å². The van der Waals surface area contributed by atoms with Crippen molar-refractivity contribution in [3.05, 3.63) is 58.6 Å². The Kier molecular flexibility index (Phi) is 7.62. The molecular formula is C19H17BrN4O3S2. The van der Waals surface area contributed by atoms with Crippen LogP contribution in [0.15, 0.2) is 57.3 Å². The summed E-state index contributed by atoms with van der Waals surface area (Å²) in [6.07, 6.45) is 0. The lowest BCUT2D eigenvalue weighted by atomic mass is 10.2. The molecule has 0 aliphatic rings. The van der Waals surface area contributed by atoms with Crippen molar-refractivity contribution in [3.8, 4) is 5.75 Å². The molecule has 3 rings (SSSR count). The molecule has 2 N–H and O–H groups in total. The van der Waals surface area contributed by atoms with Gasteiger partial charge in [0.05, 0.1) is 17.9 Å². The Labute approximate surface area is 184 Å². The standard InChI is InChI=1S/C19H17BrN4O3S2/c1-2-27-13-9-7-12(8-10-13)21-16(25)11-28-19-24-23-18(29-19)22-17(26)14-5-3-4-6-15(14)20/h3-10H,2,11H2,1H3,(H,21,25)(H,22,23,26). The maximum Gasteiger partial charge on any atom is 0.258 e. The van der Waals surface area contributed by atoms with E-state index in [1.54, 1.807) is 42.5 Å². The summed E-state index contributed by atoms with van der Waals surface area (Å²) in [5.74, 6) is 0.498. The molecule has 10 heteroatoms.